The molecule has 0 amide bonds. The highest BCUT2D eigenvalue weighted by Gasteiger charge is 2.32. The summed E-state index contributed by atoms with van der Waals surface area (Å²) < 4.78 is 77.0. The fraction of sp³-hybridized carbons (Fsp3) is 0.154. The summed E-state index contributed by atoms with van der Waals surface area (Å²) >= 11 is 10.7. The third-order valence-corrected chi connectivity index (χ3v) is 2.58. The normalized spacial score (nSPS) is 11.2. The molecule has 0 spiro atoms. The number of aldehydes is 1. The molecule has 26 heavy (non-hydrogen) atoms. The van der Waals surface area contributed by atoms with E-state index in [9.17, 15) is 31.1 Å². The number of hydrogen-bond acceptors (Lipinski definition) is 5. The number of carbonyl (C=O) groups excluding carboxylic acids is 1. The number of aromatic nitrogens is 2. The van der Waals surface area contributed by atoms with Crippen LogP contribution in [0.15, 0.2) is 30.6 Å². The molecular weight excluding hydrogens is 417 g/mol. The first-order valence-corrected chi connectivity index (χ1v) is 6.89. The third-order valence-electron chi connectivity index (χ3n) is 2.15. The maximum Gasteiger partial charge on any atom is 0.573 e. The van der Waals surface area contributed by atoms with E-state index < -0.39 is 18.5 Å². The van der Waals surface area contributed by atoms with E-state index in [2.05, 4.69) is 19.4 Å². The van der Waals surface area contributed by atoms with Gasteiger partial charge in [0.25, 0.3) is 0 Å². The highest BCUT2D eigenvalue weighted by molar-refractivity contribution is 6.29. The summed E-state index contributed by atoms with van der Waals surface area (Å²) in [7, 11) is 0. The molecule has 0 unspecified atom stereocenters. The second kappa shape index (κ2) is 8.90. The highest BCUT2D eigenvalue weighted by atomic mass is 35.5. The Kier molecular flexibility index (Phi) is 7.45. The van der Waals surface area contributed by atoms with Gasteiger partial charge < -0.3 is 9.47 Å². The lowest BCUT2D eigenvalue weighted by molar-refractivity contribution is -0.275. The Morgan fingerprint density at radius 3 is 1.92 bits per heavy atom. The number of ether oxygens (including phenoxy) is 2. The van der Waals surface area contributed by atoms with E-state index in [1.54, 1.807) is 0 Å². The number of carbonyl (C=O) groups is 1. The van der Waals surface area contributed by atoms with E-state index in [-0.39, 0.29) is 27.9 Å². The Bertz CT molecular complexity index is 738. The molecule has 142 valence electrons. The molecule has 2 rings (SSSR count). The SMILES string of the molecule is FC(F)(F)Oc1ccc(Cl)nc1.O=Cc1cc(Cl)ncc1OC(F)(F)F. The van der Waals surface area contributed by atoms with Gasteiger partial charge in [0, 0.05) is 0 Å². The lowest BCUT2D eigenvalue weighted by Gasteiger charge is -2.09. The van der Waals surface area contributed by atoms with E-state index in [1.807, 2.05) is 0 Å². The summed E-state index contributed by atoms with van der Waals surface area (Å²) in [5.74, 6) is -1.05. The third kappa shape index (κ3) is 8.72. The first kappa shape index (κ1) is 21.8. The molecule has 5 nitrogen and oxygen atoms in total. The van der Waals surface area contributed by atoms with Gasteiger partial charge in [-0.1, -0.05) is 23.2 Å². The van der Waals surface area contributed by atoms with Crippen LogP contribution >= 0.6 is 23.2 Å². The van der Waals surface area contributed by atoms with Crippen LogP contribution in [0, 0.1) is 0 Å². The molecule has 0 aliphatic heterocycles. The number of rotatable bonds is 3. The quantitative estimate of drug-likeness (QED) is 0.392. The topological polar surface area (TPSA) is 61.3 Å². The van der Waals surface area contributed by atoms with E-state index in [1.165, 1.54) is 6.07 Å². The average Bonchev–Trinajstić information content (AvgIpc) is 2.49. The Morgan fingerprint density at radius 1 is 0.885 bits per heavy atom. The molecule has 2 aromatic rings. The van der Waals surface area contributed by atoms with Crippen LogP contribution in [0.1, 0.15) is 10.4 Å². The molecule has 0 atom stereocenters. The molecule has 0 aliphatic carbocycles. The molecule has 0 aliphatic rings. The molecule has 0 N–H and O–H groups in total. The van der Waals surface area contributed by atoms with Crippen molar-refractivity contribution in [3.63, 3.8) is 0 Å². The first-order chi connectivity index (χ1) is 11.9. The van der Waals surface area contributed by atoms with Gasteiger partial charge in [-0.05, 0) is 18.2 Å². The van der Waals surface area contributed by atoms with Gasteiger partial charge in [0.1, 0.15) is 16.1 Å². The van der Waals surface area contributed by atoms with E-state index >= 15 is 0 Å². The fourth-order valence-electron chi connectivity index (χ4n) is 1.29. The van der Waals surface area contributed by atoms with Crippen LogP contribution in [0.5, 0.6) is 11.5 Å². The second-order valence-corrected chi connectivity index (χ2v) is 4.85. The summed E-state index contributed by atoms with van der Waals surface area (Å²) in [5, 5.41) is 0.0335. The maximum absolute atomic E-state index is 11.8. The molecular formula is C13H6Cl2F6N2O3. The molecule has 0 aromatic carbocycles. The van der Waals surface area contributed by atoms with E-state index in [0.717, 1.165) is 24.5 Å². The zero-order chi connectivity index (χ0) is 20.0. The highest BCUT2D eigenvalue weighted by Crippen LogP contribution is 2.26. The van der Waals surface area contributed by atoms with Crippen LogP contribution in [-0.2, 0) is 0 Å². The standard InChI is InChI=1S/C7H3ClF3NO2.C6H3ClF3NO/c8-6-1-4(3-13)5(2-12-6)14-7(9,10)11;7-5-2-1-4(3-11-5)12-6(8,9)10/h1-3H;1-3H. The van der Waals surface area contributed by atoms with Crippen LogP contribution < -0.4 is 9.47 Å². The van der Waals surface area contributed by atoms with E-state index in [0.29, 0.717) is 0 Å². The van der Waals surface area contributed by atoms with Gasteiger partial charge in [-0.25, -0.2) is 9.97 Å². The van der Waals surface area contributed by atoms with Crippen molar-refractivity contribution in [3.8, 4) is 11.5 Å². The molecule has 2 aromatic heterocycles. The van der Waals surface area contributed by atoms with Crippen molar-refractivity contribution < 1.29 is 40.6 Å². The zero-order valence-electron chi connectivity index (χ0n) is 12.1. The molecule has 0 saturated heterocycles. The number of halogens is 8. The minimum atomic E-state index is -4.85. The summed E-state index contributed by atoms with van der Waals surface area (Å²) in [4.78, 5) is 17.1. The molecule has 0 radical (unpaired) electrons. The van der Waals surface area contributed by atoms with Crippen molar-refractivity contribution >= 4 is 29.5 Å². The second-order valence-electron chi connectivity index (χ2n) is 4.07. The Hall–Kier alpha value is -2.27. The van der Waals surface area contributed by atoms with Crippen molar-refractivity contribution in [1.29, 1.82) is 0 Å². The predicted molar refractivity (Wildman–Crippen MR) is 77.2 cm³/mol. The van der Waals surface area contributed by atoms with E-state index in [4.69, 9.17) is 23.2 Å². The molecule has 13 heteroatoms. The van der Waals surface area contributed by atoms with Gasteiger partial charge >= 0.3 is 12.7 Å². The Morgan fingerprint density at radius 2 is 1.46 bits per heavy atom. The fourth-order valence-corrected chi connectivity index (χ4v) is 1.57. The molecule has 2 heterocycles. The van der Waals surface area contributed by atoms with Crippen molar-refractivity contribution in [3.05, 3.63) is 46.5 Å². The lowest BCUT2D eigenvalue weighted by Crippen LogP contribution is -2.18. The Balaban J connectivity index is 0.000000263. The summed E-state index contributed by atoms with van der Waals surface area (Å²) in [6.07, 6.45) is -7.70. The minimum Gasteiger partial charge on any atom is -0.404 e. The molecule has 0 saturated carbocycles. The van der Waals surface area contributed by atoms with Crippen molar-refractivity contribution in [2.75, 3.05) is 0 Å². The number of hydrogen-bond donors (Lipinski definition) is 0. The largest absolute Gasteiger partial charge is 0.573 e. The summed E-state index contributed by atoms with van der Waals surface area (Å²) in [5.41, 5.74) is -0.303. The van der Waals surface area contributed by atoms with Crippen LogP contribution in [-0.4, -0.2) is 29.0 Å². The molecule has 0 fully saturated rings. The van der Waals surface area contributed by atoms with Crippen LogP contribution in [0.25, 0.3) is 0 Å². The van der Waals surface area contributed by atoms with Gasteiger partial charge in [0.15, 0.2) is 12.0 Å². The number of pyridine rings is 2. The maximum atomic E-state index is 11.8. The molecule has 0 bridgehead atoms. The van der Waals surface area contributed by atoms with Gasteiger partial charge in [-0.15, -0.1) is 26.3 Å². The zero-order valence-corrected chi connectivity index (χ0v) is 13.6. The van der Waals surface area contributed by atoms with Crippen molar-refractivity contribution in [2.24, 2.45) is 0 Å². The lowest BCUT2D eigenvalue weighted by atomic mass is 10.3. The van der Waals surface area contributed by atoms with Crippen LogP contribution in [0.2, 0.25) is 10.3 Å². The van der Waals surface area contributed by atoms with Gasteiger partial charge in [0.2, 0.25) is 0 Å². The van der Waals surface area contributed by atoms with Gasteiger partial charge in [-0.3, -0.25) is 4.79 Å². The van der Waals surface area contributed by atoms with Crippen LogP contribution in [0.4, 0.5) is 26.3 Å². The predicted octanol–water partition coefficient (Wildman–Crippen LogP) is 5.08. The number of nitrogens with zero attached hydrogens (tertiary/aromatic N) is 2. The minimum absolute atomic E-state index is 0.0818. The average molecular weight is 423 g/mol. The van der Waals surface area contributed by atoms with Gasteiger partial charge in [0.05, 0.1) is 18.0 Å². The van der Waals surface area contributed by atoms with Crippen LogP contribution in [0.3, 0.4) is 0 Å². The summed E-state index contributed by atoms with van der Waals surface area (Å²) in [6.45, 7) is 0. The van der Waals surface area contributed by atoms with Crippen molar-refractivity contribution in [1.82, 2.24) is 9.97 Å². The number of alkyl halides is 6. The summed E-state index contributed by atoms with van der Waals surface area (Å²) in [6, 6.07) is 3.28. The monoisotopic (exact) mass is 422 g/mol. The first-order valence-electron chi connectivity index (χ1n) is 6.13. The smallest absolute Gasteiger partial charge is 0.404 e. The Labute approximate surface area is 151 Å². The van der Waals surface area contributed by atoms with Crippen molar-refractivity contribution in [2.45, 2.75) is 12.7 Å². The van der Waals surface area contributed by atoms with Gasteiger partial charge in [-0.2, -0.15) is 0 Å².